The van der Waals surface area contributed by atoms with Crippen LogP contribution >= 0.6 is 11.6 Å². The van der Waals surface area contributed by atoms with Crippen molar-refractivity contribution in [2.75, 3.05) is 26.1 Å². The molecule has 0 N–H and O–H groups in total. The summed E-state index contributed by atoms with van der Waals surface area (Å²) in [6, 6.07) is 0.876. The minimum atomic E-state index is -4.34. The number of halogens is 1. The Morgan fingerprint density at radius 2 is 2.05 bits per heavy atom. The molecule has 0 aliphatic rings. The second-order valence-corrected chi connectivity index (χ2v) is 6.21. The SMILES string of the molecule is C=NS(=O)(=O)c1cc(C(=O)OC)c(N(C)C)c([N+](=O)[O-])c1Cl. The van der Waals surface area contributed by atoms with Crippen molar-refractivity contribution in [3.8, 4) is 0 Å². The molecular formula is C11H12ClN3O6S. The Morgan fingerprint density at radius 3 is 2.41 bits per heavy atom. The monoisotopic (exact) mass is 349 g/mol. The summed E-state index contributed by atoms with van der Waals surface area (Å²) in [7, 11) is -0.412. The number of ether oxygens (including phenoxy) is 1. The van der Waals surface area contributed by atoms with Gasteiger partial charge in [-0.05, 0) is 6.07 Å². The fourth-order valence-corrected chi connectivity index (χ4v) is 2.99. The summed E-state index contributed by atoms with van der Waals surface area (Å²) in [6.07, 6.45) is 0. The van der Waals surface area contributed by atoms with E-state index in [0.717, 1.165) is 13.2 Å². The average molecular weight is 350 g/mol. The number of anilines is 1. The summed E-state index contributed by atoms with van der Waals surface area (Å²) in [5.41, 5.74) is -1.24. The highest BCUT2D eigenvalue weighted by atomic mass is 35.5. The first-order valence-corrected chi connectivity index (χ1v) is 7.39. The Labute approximate surface area is 131 Å². The first-order chi connectivity index (χ1) is 10.1. The molecule has 0 aliphatic heterocycles. The second kappa shape index (κ2) is 6.28. The molecule has 0 aromatic heterocycles. The normalized spacial score (nSPS) is 10.9. The topological polar surface area (TPSA) is 119 Å². The highest BCUT2D eigenvalue weighted by Gasteiger charge is 2.34. The molecule has 0 radical (unpaired) electrons. The van der Waals surface area contributed by atoms with E-state index in [1.54, 1.807) is 0 Å². The minimum absolute atomic E-state index is 0.176. The number of rotatable bonds is 5. The van der Waals surface area contributed by atoms with E-state index in [0.29, 0.717) is 0 Å². The molecule has 0 saturated heterocycles. The van der Waals surface area contributed by atoms with Crippen LogP contribution in [0.3, 0.4) is 0 Å². The fourth-order valence-electron chi connectivity index (χ4n) is 1.75. The molecule has 0 atom stereocenters. The van der Waals surface area contributed by atoms with Crippen LogP contribution in [0.15, 0.2) is 15.4 Å². The summed E-state index contributed by atoms with van der Waals surface area (Å²) in [4.78, 5) is 22.8. The molecule has 0 spiro atoms. The number of nitrogens with zero attached hydrogens (tertiary/aromatic N) is 3. The van der Waals surface area contributed by atoms with Gasteiger partial charge in [0.1, 0.15) is 15.6 Å². The van der Waals surface area contributed by atoms with Gasteiger partial charge in [0.25, 0.3) is 10.0 Å². The molecule has 1 aromatic carbocycles. The standard InChI is InChI=1S/C11H12ClN3O6S/c1-13-22(19,20)7-5-6(11(16)21-4)9(14(2)3)10(8(7)12)15(17)18/h5H,1H2,2-4H3. The van der Waals surface area contributed by atoms with Crippen LogP contribution in [0.1, 0.15) is 10.4 Å². The number of carbonyl (C=O) groups is 1. The van der Waals surface area contributed by atoms with Crippen molar-refractivity contribution in [3.05, 3.63) is 26.8 Å². The lowest BCUT2D eigenvalue weighted by molar-refractivity contribution is -0.384. The first-order valence-electron chi connectivity index (χ1n) is 5.58. The molecule has 9 nitrogen and oxygen atoms in total. The minimum Gasteiger partial charge on any atom is -0.465 e. The van der Waals surface area contributed by atoms with E-state index in [2.05, 4.69) is 15.9 Å². The lowest BCUT2D eigenvalue weighted by atomic mass is 10.1. The van der Waals surface area contributed by atoms with Crippen LogP contribution in [0.2, 0.25) is 5.02 Å². The third kappa shape index (κ3) is 3.02. The molecule has 11 heteroatoms. The number of sulfonamides is 1. The van der Waals surface area contributed by atoms with E-state index in [1.807, 2.05) is 0 Å². The van der Waals surface area contributed by atoms with Crippen molar-refractivity contribution in [1.29, 1.82) is 0 Å². The average Bonchev–Trinajstić information content (AvgIpc) is 2.44. The van der Waals surface area contributed by atoms with Gasteiger partial charge in [0.15, 0.2) is 0 Å². The van der Waals surface area contributed by atoms with Crippen molar-refractivity contribution >= 4 is 45.7 Å². The lowest BCUT2D eigenvalue weighted by Gasteiger charge is -2.18. The second-order valence-electron chi connectivity index (χ2n) is 4.18. The van der Waals surface area contributed by atoms with Crippen molar-refractivity contribution in [2.24, 2.45) is 4.40 Å². The molecule has 120 valence electrons. The van der Waals surface area contributed by atoms with Gasteiger partial charge in [0.2, 0.25) is 0 Å². The quantitative estimate of drug-likeness (QED) is 0.342. The highest BCUT2D eigenvalue weighted by Crippen LogP contribution is 2.42. The zero-order chi connectivity index (χ0) is 17.2. The predicted molar refractivity (Wildman–Crippen MR) is 80.5 cm³/mol. The van der Waals surface area contributed by atoms with Crippen LogP contribution in [-0.4, -0.2) is 47.2 Å². The third-order valence-corrected chi connectivity index (χ3v) is 4.37. The number of benzene rings is 1. The number of carbonyl (C=O) groups excluding carboxylic acids is 1. The van der Waals surface area contributed by atoms with Crippen molar-refractivity contribution < 1.29 is 22.9 Å². The number of hydrogen-bond donors (Lipinski definition) is 0. The number of methoxy groups -OCH3 is 1. The van der Waals surface area contributed by atoms with Crippen LogP contribution in [0.4, 0.5) is 11.4 Å². The maximum absolute atomic E-state index is 11.8. The first kappa shape index (κ1) is 17.9. The summed E-state index contributed by atoms with van der Waals surface area (Å²) >= 11 is 5.85. The van der Waals surface area contributed by atoms with E-state index in [1.165, 1.54) is 19.0 Å². The van der Waals surface area contributed by atoms with Crippen LogP contribution in [-0.2, 0) is 14.8 Å². The molecule has 22 heavy (non-hydrogen) atoms. The van der Waals surface area contributed by atoms with Gasteiger partial charge in [-0.3, -0.25) is 10.1 Å². The van der Waals surface area contributed by atoms with Gasteiger partial charge in [-0.25, -0.2) is 4.79 Å². The Hall–Kier alpha value is -2.20. The number of nitro benzene ring substituents is 1. The molecule has 0 bridgehead atoms. The van der Waals surface area contributed by atoms with E-state index in [4.69, 9.17) is 11.6 Å². The number of esters is 1. The highest BCUT2D eigenvalue weighted by molar-refractivity contribution is 7.90. The Balaban J connectivity index is 4.04. The van der Waals surface area contributed by atoms with Gasteiger partial charge >= 0.3 is 11.7 Å². The molecule has 0 saturated carbocycles. The molecule has 0 unspecified atom stereocenters. The lowest BCUT2D eigenvalue weighted by Crippen LogP contribution is -2.18. The molecule has 1 aromatic rings. The maximum atomic E-state index is 11.8. The van der Waals surface area contributed by atoms with E-state index >= 15 is 0 Å². The van der Waals surface area contributed by atoms with E-state index < -0.39 is 36.5 Å². The van der Waals surface area contributed by atoms with Gasteiger partial charge in [0.05, 0.1) is 17.6 Å². The predicted octanol–water partition coefficient (Wildman–Crippen LogP) is 1.49. The Kier molecular flexibility index (Phi) is 5.09. The Bertz CT molecular complexity index is 760. The van der Waals surface area contributed by atoms with E-state index in [-0.39, 0.29) is 11.3 Å². The summed E-state index contributed by atoms with van der Waals surface area (Å²) in [6.45, 7) is 2.88. The summed E-state index contributed by atoms with van der Waals surface area (Å²) < 4.78 is 31.1. The summed E-state index contributed by atoms with van der Waals surface area (Å²) in [5, 5.41) is 10.6. The number of hydrogen-bond acceptors (Lipinski definition) is 7. The molecule has 0 amide bonds. The molecular weight excluding hydrogens is 338 g/mol. The van der Waals surface area contributed by atoms with E-state index in [9.17, 15) is 23.3 Å². The fraction of sp³-hybridized carbons (Fsp3) is 0.273. The van der Waals surface area contributed by atoms with Crippen LogP contribution < -0.4 is 4.90 Å². The van der Waals surface area contributed by atoms with Gasteiger partial charge in [0, 0.05) is 20.8 Å². The number of nitro groups is 1. The largest absolute Gasteiger partial charge is 0.465 e. The molecule has 0 fully saturated rings. The molecule has 0 heterocycles. The molecule has 1 rings (SSSR count). The third-order valence-electron chi connectivity index (χ3n) is 2.66. The maximum Gasteiger partial charge on any atom is 0.340 e. The smallest absolute Gasteiger partial charge is 0.340 e. The van der Waals surface area contributed by atoms with Crippen molar-refractivity contribution in [3.63, 3.8) is 0 Å². The Morgan fingerprint density at radius 1 is 1.50 bits per heavy atom. The van der Waals surface area contributed by atoms with Crippen LogP contribution in [0, 0.1) is 10.1 Å². The molecule has 0 aliphatic carbocycles. The summed E-state index contributed by atoms with van der Waals surface area (Å²) in [5.74, 6) is -0.955. The van der Waals surface area contributed by atoms with Crippen LogP contribution in [0.25, 0.3) is 0 Å². The van der Waals surface area contributed by atoms with Gasteiger partial charge < -0.3 is 9.64 Å². The van der Waals surface area contributed by atoms with Crippen molar-refractivity contribution in [2.45, 2.75) is 4.90 Å². The van der Waals surface area contributed by atoms with Gasteiger partial charge in [-0.15, -0.1) is 0 Å². The van der Waals surface area contributed by atoms with Crippen molar-refractivity contribution in [1.82, 2.24) is 0 Å². The zero-order valence-electron chi connectivity index (χ0n) is 11.9. The van der Waals surface area contributed by atoms with Gasteiger partial charge in [-0.1, -0.05) is 11.6 Å². The zero-order valence-corrected chi connectivity index (χ0v) is 13.4. The van der Waals surface area contributed by atoms with Gasteiger partial charge in [-0.2, -0.15) is 12.8 Å². The van der Waals surface area contributed by atoms with Crippen LogP contribution in [0.5, 0.6) is 0 Å².